The first-order valence-electron chi connectivity index (χ1n) is 12.3. The van der Waals surface area contributed by atoms with Crippen LogP contribution in [0.15, 0.2) is 54.7 Å². The van der Waals surface area contributed by atoms with E-state index in [4.69, 9.17) is 9.47 Å². The quantitative estimate of drug-likeness (QED) is 0.428. The van der Waals surface area contributed by atoms with Crippen molar-refractivity contribution in [3.05, 3.63) is 65.9 Å². The molecule has 1 aromatic heterocycles. The summed E-state index contributed by atoms with van der Waals surface area (Å²) in [6, 6.07) is 15.9. The number of hydrogen-bond donors (Lipinski definition) is 1. The van der Waals surface area contributed by atoms with Crippen LogP contribution in [-0.4, -0.2) is 67.1 Å². The van der Waals surface area contributed by atoms with Gasteiger partial charge in [-0.05, 0) is 37.0 Å². The number of ether oxygens (including phenoxy) is 2. The first-order valence-corrected chi connectivity index (χ1v) is 12.3. The molecule has 1 aliphatic rings. The number of aromatic nitrogens is 1. The van der Waals surface area contributed by atoms with Crippen molar-refractivity contribution in [1.82, 2.24) is 14.8 Å². The largest absolute Gasteiger partial charge is 0.496 e. The molecule has 4 rings (SSSR count). The van der Waals surface area contributed by atoms with Crippen LogP contribution in [0.5, 0.6) is 5.75 Å². The average molecular weight is 478 g/mol. The molecule has 0 aliphatic heterocycles. The number of carbonyl (C=O) groups is 2. The zero-order valence-corrected chi connectivity index (χ0v) is 20.7. The zero-order chi connectivity index (χ0) is 24.6. The number of fused-ring (bicyclic) bond motifs is 1. The lowest BCUT2D eigenvalue weighted by Gasteiger charge is -2.33. The van der Waals surface area contributed by atoms with E-state index < -0.39 is 0 Å². The molecule has 0 radical (unpaired) electrons. The molecule has 0 saturated heterocycles. The number of nitrogens with zero attached hydrogens (tertiary/aromatic N) is 2. The van der Waals surface area contributed by atoms with Crippen LogP contribution in [0, 0.1) is 5.92 Å². The lowest BCUT2D eigenvalue weighted by Crippen LogP contribution is -2.47. The Morgan fingerprint density at radius 2 is 1.74 bits per heavy atom. The van der Waals surface area contributed by atoms with Gasteiger partial charge in [-0.2, -0.15) is 0 Å². The molecule has 2 aromatic carbocycles. The number of para-hydroxylation sites is 2. The number of H-pyrrole nitrogens is 1. The minimum Gasteiger partial charge on any atom is -0.496 e. The first-order chi connectivity index (χ1) is 17.1. The first kappa shape index (κ1) is 24.8. The highest BCUT2D eigenvalue weighted by Gasteiger charge is 2.31. The summed E-state index contributed by atoms with van der Waals surface area (Å²) in [5.74, 6) is 0.780. The van der Waals surface area contributed by atoms with E-state index >= 15 is 0 Å². The van der Waals surface area contributed by atoms with Crippen LogP contribution in [-0.2, 0) is 27.3 Å². The van der Waals surface area contributed by atoms with E-state index in [1.165, 1.54) is 10.9 Å². The summed E-state index contributed by atoms with van der Waals surface area (Å²) in [5.41, 5.74) is 3.19. The number of benzene rings is 2. The van der Waals surface area contributed by atoms with E-state index in [0.29, 0.717) is 32.7 Å². The van der Waals surface area contributed by atoms with Crippen LogP contribution in [0.2, 0.25) is 0 Å². The maximum atomic E-state index is 13.6. The van der Waals surface area contributed by atoms with Crippen LogP contribution in [0.4, 0.5) is 0 Å². The van der Waals surface area contributed by atoms with Gasteiger partial charge >= 0.3 is 0 Å². The van der Waals surface area contributed by atoms with Gasteiger partial charge in [-0.25, -0.2) is 0 Å². The molecule has 0 spiro atoms. The molecule has 1 fully saturated rings. The highest BCUT2D eigenvalue weighted by molar-refractivity contribution is 5.86. The van der Waals surface area contributed by atoms with Gasteiger partial charge in [0.15, 0.2) is 0 Å². The minimum atomic E-state index is -0.0699. The van der Waals surface area contributed by atoms with Gasteiger partial charge < -0.3 is 24.3 Å². The summed E-state index contributed by atoms with van der Waals surface area (Å²) in [6.07, 6.45) is 5.61. The Kier molecular flexibility index (Phi) is 8.42. The predicted octanol–water partition coefficient (Wildman–Crippen LogP) is 4.02. The SMILES string of the molecule is COCCN(CC(=O)N(CCc1c[nH]c2ccccc12)Cc1ccccc1OC)C(=O)C1CCC1. The molecule has 0 unspecified atom stereocenters. The fourth-order valence-corrected chi connectivity index (χ4v) is 4.57. The Labute approximate surface area is 207 Å². The van der Waals surface area contributed by atoms with Crippen molar-refractivity contribution in [2.24, 2.45) is 5.92 Å². The summed E-state index contributed by atoms with van der Waals surface area (Å²) < 4.78 is 10.8. The van der Waals surface area contributed by atoms with Crippen LogP contribution in [0.1, 0.15) is 30.4 Å². The van der Waals surface area contributed by atoms with Gasteiger partial charge in [0.25, 0.3) is 0 Å². The third-order valence-electron chi connectivity index (χ3n) is 6.89. The highest BCUT2D eigenvalue weighted by Crippen LogP contribution is 2.28. The molecule has 7 nitrogen and oxygen atoms in total. The number of nitrogens with one attached hydrogen (secondary N) is 1. The molecule has 186 valence electrons. The van der Waals surface area contributed by atoms with Crippen LogP contribution >= 0.6 is 0 Å². The standard InChI is InChI=1S/C28H35N3O4/c1-34-17-16-31(28(33)21-9-7-10-21)20-27(32)30(19-23-8-3-6-13-26(23)35-2)15-14-22-18-29-25-12-5-4-11-24(22)25/h3-6,8,11-13,18,21,29H,7,9-10,14-17,19-20H2,1-2H3. The van der Waals surface area contributed by atoms with Crippen molar-refractivity contribution in [1.29, 1.82) is 0 Å². The average Bonchev–Trinajstić information content (AvgIpc) is 3.26. The van der Waals surface area contributed by atoms with Crippen molar-refractivity contribution in [3.8, 4) is 5.75 Å². The summed E-state index contributed by atoms with van der Waals surface area (Å²) in [5, 5.41) is 1.17. The van der Waals surface area contributed by atoms with Crippen molar-refractivity contribution < 1.29 is 19.1 Å². The van der Waals surface area contributed by atoms with Crippen molar-refractivity contribution in [2.75, 3.05) is 40.5 Å². The fraction of sp³-hybridized carbons (Fsp3) is 0.429. The molecule has 7 heteroatoms. The lowest BCUT2D eigenvalue weighted by molar-refractivity contribution is -0.145. The molecule has 1 N–H and O–H groups in total. The third kappa shape index (κ3) is 6.03. The Morgan fingerprint density at radius 1 is 0.971 bits per heavy atom. The van der Waals surface area contributed by atoms with Gasteiger partial charge in [-0.3, -0.25) is 9.59 Å². The maximum Gasteiger partial charge on any atom is 0.242 e. The second-order valence-corrected chi connectivity index (χ2v) is 9.12. The summed E-state index contributed by atoms with van der Waals surface area (Å²) in [4.78, 5) is 33.5. The summed E-state index contributed by atoms with van der Waals surface area (Å²) in [6.45, 7) is 1.84. The number of rotatable bonds is 12. The molecule has 1 heterocycles. The van der Waals surface area contributed by atoms with Crippen LogP contribution < -0.4 is 4.74 Å². The second kappa shape index (κ2) is 11.9. The minimum absolute atomic E-state index is 0.0357. The molecular weight excluding hydrogens is 442 g/mol. The van der Waals surface area contributed by atoms with Gasteiger partial charge in [0.1, 0.15) is 5.75 Å². The molecular formula is C28H35N3O4. The monoisotopic (exact) mass is 477 g/mol. The molecule has 1 saturated carbocycles. The predicted molar refractivity (Wildman–Crippen MR) is 136 cm³/mol. The van der Waals surface area contributed by atoms with Gasteiger partial charge in [-0.15, -0.1) is 0 Å². The topological polar surface area (TPSA) is 74.9 Å². The van der Waals surface area contributed by atoms with Gasteiger partial charge in [-0.1, -0.05) is 42.8 Å². The van der Waals surface area contributed by atoms with Crippen molar-refractivity contribution in [2.45, 2.75) is 32.2 Å². The van der Waals surface area contributed by atoms with E-state index in [9.17, 15) is 9.59 Å². The van der Waals surface area contributed by atoms with Crippen molar-refractivity contribution in [3.63, 3.8) is 0 Å². The number of amides is 2. The summed E-state index contributed by atoms with van der Waals surface area (Å²) in [7, 11) is 3.25. The Morgan fingerprint density at radius 3 is 2.49 bits per heavy atom. The van der Waals surface area contributed by atoms with E-state index in [1.807, 2.05) is 47.5 Å². The lowest BCUT2D eigenvalue weighted by atomic mass is 9.84. The molecule has 0 bridgehead atoms. The third-order valence-corrected chi connectivity index (χ3v) is 6.89. The number of hydrogen-bond acceptors (Lipinski definition) is 4. The molecule has 0 atom stereocenters. The zero-order valence-electron chi connectivity index (χ0n) is 20.7. The number of carbonyl (C=O) groups excluding carboxylic acids is 2. The van der Waals surface area contributed by atoms with Gasteiger partial charge in [0.2, 0.25) is 11.8 Å². The number of methoxy groups -OCH3 is 2. The normalized spacial score (nSPS) is 13.4. The Hall–Kier alpha value is -3.32. The van der Waals surface area contributed by atoms with Crippen LogP contribution in [0.25, 0.3) is 10.9 Å². The summed E-state index contributed by atoms with van der Waals surface area (Å²) >= 11 is 0. The maximum absolute atomic E-state index is 13.6. The highest BCUT2D eigenvalue weighted by atomic mass is 16.5. The smallest absolute Gasteiger partial charge is 0.242 e. The van der Waals surface area contributed by atoms with Gasteiger partial charge in [0, 0.05) is 55.3 Å². The fourth-order valence-electron chi connectivity index (χ4n) is 4.57. The second-order valence-electron chi connectivity index (χ2n) is 9.12. The Balaban J connectivity index is 1.52. The molecule has 1 aliphatic carbocycles. The van der Waals surface area contributed by atoms with E-state index in [1.54, 1.807) is 19.1 Å². The van der Waals surface area contributed by atoms with Crippen molar-refractivity contribution >= 4 is 22.7 Å². The number of aromatic amines is 1. The van der Waals surface area contributed by atoms with E-state index in [2.05, 4.69) is 17.1 Å². The Bertz CT molecular complexity index is 1140. The molecule has 2 amide bonds. The van der Waals surface area contributed by atoms with Crippen LogP contribution in [0.3, 0.4) is 0 Å². The molecule has 3 aromatic rings. The molecule has 35 heavy (non-hydrogen) atoms. The van der Waals surface area contributed by atoms with Gasteiger partial charge in [0.05, 0.1) is 20.3 Å². The van der Waals surface area contributed by atoms with E-state index in [-0.39, 0.29) is 24.3 Å². The van der Waals surface area contributed by atoms with E-state index in [0.717, 1.165) is 36.1 Å².